The lowest BCUT2D eigenvalue weighted by Gasteiger charge is -1.94. The molecule has 0 aliphatic carbocycles. The number of carbonyl (C=O) groups is 1. The third-order valence-electron chi connectivity index (χ3n) is 1.30. The average molecular weight is 237 g/mol. The molecule has 0 aliphatic rings. The summed E-state index contributed by atoms with van der Waals surface area (Å²) >= 11 is 2.86. The predicted octanol–water partition coefficient (Wildman–Crippen LogP) is 1.29. The van der Waals surface area contributed by atoms with E-state index in [4.69, 9.17) is 5.73 Å². The highest BCUT2D eigenvalue weighted by Crippen LogP contribution is 2.25. The molecule has 12 heavy (non-hydrogen) atoms. The Morgan fingerprint density at radius 3 is 2.67 bits per heavy atom. The molecule has 0 fully saturated rings. The summed E-state index contributed by atoms with van der Waals surface area (Å²) in [6.07, 6.45) is 0. The number of hydrogen-bond donors (Lipinski definition) is 2. The van der Waals surface area contributed by atoms with Crippen LogP contribution in [0.4, 0.5) is 10.2 Å². The molecule has 0 aromatic carbocycles. The number of carbonyl (C=O) groups excluding carboxylic acids is 1. The number of rotatable bonds is 1. The molecular weight excluding hydrogens is 231 g/mol. The Morgan fingerprint density at radius 2 is 2.33 bits per heavy atom. The van der Waals surface area contributed by atoms with Crippen LogP contribution in [0, 0.1) is 5.82 Å². The van der Waals surface area contributed by atoms with Crippen LogP contribution in [-0.4, -0.2) is 18.1 Å². The van der Waals surface area contributed by atoms with Crippen molar-refractivity contribution in [2.24, 2.45) is 0 Å². The van der Waals surface area contributed by atoms with Crippen molar-refractivity contribution in [1.82, 2.24) is 4.98 Å². The Balaban J connectivity index is 3.17. The fourth-order valence-corrected chi connectivity index (χ4v) is 1.19. The molecule has 6 heteroatoms. The van der Waals surface area contributed by atoms with E-state index in [2.05, 4.69) is 25.7 Å². The zero-order valence-corrected chi connectivity index (χ0v) is 7.74. The zero-order valence-electron chi connectivity index (χ0n) is 6.15. The van der Waals surface area contributed by atoms with Crippen LogP contribution in [0.25, 0.3) is 0 Å². The van der Waals surface area contributed by atoms with Crippen molar-refractivity contribution in [2.75, 3.05) is 12.8 Å². The van der Waals surface area contributed by atoms with Gasteiger partial charge in [0.25, 0.3) is 0 Å². The Kier molecular flexibility index (Phi) is 2.37. The van der Waals surface area contributed by atoms with E-state index in [1.807, 2.05) is 0 Å². The first kappa shape index (κ1) is 9.05. The number of aromatic nitrogens is 1. The Hall–Kier alpha value is -1.04. The lowest BCUT2D eigenvalue weighted by atomic mass is 10.4. The molecule has 0 radical (unpaired) electrons. The van der Waals surface area contributed by atoms with Gasteiger partial charge in [0.1, 0.15) is 11.5 Å². The van der Waals surface area contributed by atoms with Gasteiger partial charge >= 0.3 is 5.97 Å². The number of methoxy groups -OCH3 is 1. The van der Waals surface area contributed by atoms with E-state index in [-0.39, 0.29) is 16.0 Å². The van der Waals surface area contributed by atoms with Gasteiger partial charge in [-0.2, -0.15) is 0 Å². The lowest BCUT2D eigenvalue weighted by molar-refractivity contribution is 0.0593. The first-order chi connectivity index (χ1) is 5.57. The second-order valence-corrected chi connectivity index (χ2v) is 2.83. The van der Waals surface area contributed by atoms with Crippen LogP contribution in [0.2, 0.25) is 0 Å². The number of aromatic amines is 1. The molecule has 1 aromatic heterocycles. The van der Waals surface area contributed by atoms with Gasteiger partial charge in [0.05, 0.1) is 11.6 Å². The number of hydrogen-bond acceptors (Lipinski definition) is 3. The molecule has 4 nitrogen and oxygen atoms in total. The van der Waals surface area contributed by atoms with Gasteiger partial charge in [-0.05, 0) is 15.9 Å². The number of halogens is 2. The van der Waals surface area contributed by atoms with Crippen LogP contribution >= 0.6 is 15.9 Å². The molecule has 0 spiro atoms. The van der Waals surface area contributed by atoms with E-state index in [9.17, 15) is 9.18 Å². The van der Waals surface area contributed by atoms with Gasteiger partial charge in [0, 0.05) is 0 Å². The van der Waals surface area contributed by atoms with Crippen molar-refractivity contribution in [3.63, 3.8) is 0 Å². The Labute approximate surface area is 76.0 Å². The summed E-state index contributed by atoms with van der Waals surface area (Å²) in [6, 6.07) is 0. The second kappa shape index (κ2) is 3.14. The summed E-state index contributed by atoms with van der Waals surface area (Å²) in [6.45, 7) is 0. The van der Waals surface area contributed by atoms with Crippen molar-refractivity contribution >= 4 is 27.7 Å². The zero-order chi connectivity index (χ0) is 9.30. The van der Waals surface area contributed by atoms with Crippen LogP contribution in [0.15, 0.2) is 4.47 Å². The molecule has 0 bridgehead atoms. The van der Waals surface area contributed by atoms with Crippen LogP contribution in [0.1, 0.15) is 10.5 Å². The maximum absolute atomic E-state index is 12.8. The summed E-state index contributed by atoms with van der Waals surface area (Å²) in [4.78, 5) is 13.2. The van der Waals surface area contributed by atoms with E-state index in [1.165, 1.54) is 7.11 Å². The molecule has 66 valence electrons. The smallest absolute Gasteiger partial charge is 0.355 e. The van der Waals surface area contributed by atoms with Crippen molar-refractivity contribution in [3.05, 3.63) is 16.0 Å². The molecule has 0 amide bonds. The van der Waals surface area contributed by atoms with Crippen LogP contribution in [0.5, 0.6) is 0 Å². The van der Waals surface area contributed by atoms with Crippen LogP contribution < -0.4 is 5.73 Å². The molecule has 0 saturated carbocycles. The van der Waals surface area contributed by atoms with Crippen molar-refractivity contribution in [3.8, 4) is 0 Å². The number of anilines is 1. The van der Waals surface area contributed by atoms with Gasteiger partial charge in [-0.25, -0.2) is 9.18 Å². The highest BCUT2D eigenvalue weighted by Gasteiger charge is 2.19. The SMILES string of the molecule is COC(=O)c1[nH]c(N)c(F)c1Br. The van der Waals surface area contributed by atoms with Crippen molar-refractivity contribution in [1.29, 1.82) is 0 Å². The monoisotopic (exact) mass is 236 g/mol. The van der Waals surface area contributed by atoms with Gasteiger partial charge in [0.15, 0.2) is 5.82 Å². The van der Waals surface area contributed by atoms with Crippen LogP contribution in [-0.2, 0) is 4.74 Å². The van der Waals surface area contributed by atoms with Gasteiger partial charge in [0.2, 0.25) is 0 Å². The quantitative estimate of drug-likeness (QED) is 0.723. The summed E-state index contributed by atoms with van der Waals surface area (Å²) in [5.41, 5.74) is 5.14. The maximum atomic E-state index is 12.8. The number of ether oxygens (including phenoxy) is 1. The van der Waals surface area contributed by atoms with Crippen molar-refractivity contribution in [2.45, 2.75) is 0 Å². The summed E-state index contributed by atoms with van der Waals surface area (Å²) < 4.78 is 17.2. The van der Waals surface area contributed by atoms with E-state index >= 15 is 0 Å². The molecule has 1 rings (SSSR count). The van der Waals surface area contributed by atoms with Gasteiger partial charge in [-0.1, -0.05) is 0 Å². The normalized spacial score (nSPS) is 9.92. The lowest BCUT2D eigenvalue weighted by Crippen LogP contribution is -2.02. The number of nitrogens with one attached hydrogen (secondary N) is 1. The second-order valence-electron chi connectivity index (χ2n) is 2.03. The Morgan fingerprint density at radius 1 is 1.75 bits per heavy atom. The van der Waals surface area contributed by atoms with Gasteiger partial charge < -0.3 is 15.5 Å². The molecule has 3 N–H and O–H groups in total. The van der Waals surface area contributed by atoms with E-state index in [0.717, 1.165) is 0 Å². The number of esters is 1. The average Bonchev–Trinajstić information content (AvgIpc) is 2.32. The van der Waals surface area contributed by atoms with E-state index in [1.54, 1.807) is 0 Å². The highest BCUT2D eigenvalue weighted by molar-refractivity contribution is 9.10. The molecule has 1 heterocycles. The first-order valence-corrected chi connectivity index (χ1v) is 3.78. The molecule has 0 atom stereocenters. The minimum Gasteiger partial charge on any atom is -0.464 e. The van der Waals surface area contributed by atoms with Crippen LogP contribution in [0.3, 0.4) is 0 Å². The van der Waals surface area contributed by atoms with E-state index in [0.29, 0.717) is 0 Å². The molecule has 1 aromatic rings. The standard InChI is InChI=1S/C6H6BrFN2O2/c1-12-6(11)4-2(7)3(8)5(9)10-4/h10H,9H2,1H3. The van der Waals surface area contributed by atoms with Gasteiger partial charge in [-0.15, -0.1) is 0 Å². The summed E-state index contributed by atoms with van der Waals surface area (Å²) in [5, 5.41) is 0. The van der Waals surface area contributed by atoms with Crippen molar-refractivity contribution < 1.29 is 13.9 Å². The number of nitrogen functional groups attached to an aromatic ring is 1. The third-order valence-corrected chi connectivity index (χ3v) is 2.04. The first-order valence-electron chi connectivity index (χ1n) is 2.98. The fraction of sp³-hybridized carbons (Fsp3) is 0.167. The minimum atomic E-state index is -0.685. The summed E-state index contributed by atoms with van der Waals surface area (Å²) in [5.74, 6) is -1.55. The largest absolute Gasteiger partial charge is 0.464 e. The van der Waals surface area contributed by atoms with Gasteiger partial charge in [-0.3, -0.25) is 0 Å². The van der Waals surface area contributed by atoms with E-state index < -0.39 is 11.8 Å². The number of nitrogens with two attached hydrogens (primary N) is 1. The minimum absolute atomic E-state index is 0.00755. The summed E-state index contributed by atoms with van der Waals surface area (Å²) in [7, 11) is 1.20. The molecule has 0 saturated heterocycles. The predicted molar refractivity (Wildman–Crippen MR) is 44.2 cm³/mol. The third kappa shape index (κ3) is 1.29. The molecule has 0 aliphatic heterocycles. The maximum Gasteiger partial charge on any atom is 0.355 e. The number of H-pyrrole nitrogens is 1. The molecular formula is C6H6BrFN2O2. The fourth-order valence-electron chi connectivity index (χ4n) is 0.715. The Bertz CT molecular complexity index is 324. The topological polar surface area (TPSA) is 68.1 Å². The molecule has 0 unspecified atom stereocenters. The highest BCUT2D eigenvalue weighted by atomic mass is 79.9.